The molecule has 1 aliphatic rings. The van der Waals surface area contributed by atoms with Crippen molar-refractivity contribution >= 4 is 23.2 Å². The van der Waals surface area contributed by atoms with E-state index in [-0.39, 0.29) is 18.4 Å². The molecule has 1 saturated heterocycles. The minimum Gasteiger partial charge on any atom is -0.382 e. The first-order valence-corrected chi connectivity index (χ1v) is 6.98. The van der Waals surface area contributed by atoms with Crippen molar-refractivity contribution in [2.45, 2.75) is 12.8 Å². The standard InChI is InChI=1S/C15H20N2O4/c1-20-9-10-21-11-14(18)16-12-5-2-3-6-13(12)17-8-4-7-15(17)19/h2-3,5-6H,4,7-11H2,1H3,(H,16,18). The minimum absolute atomic E-state index is 0.0361. The number of para-hydroxylation sites is 2. The number of amides is 2. The molecule has 1 N–H and O–H groups in total. The maximum atomic E-state index is 11.8. The number of hydrogen-bond acceptors (Lipinski definition) is 4. The van der Waals surface area contributed by atoms with Gasteiger partial charge in [0.15, 0.2) is 0 Å². The van der Waals surface area contributed by atoms with Gasteiger partial charge in [-0.15, -0.1) is 0 Å². The molecule has 1 aromatic rings. The lowest BCUT2D eigenvalue weighted by Crippen LogP contribution is -2.26. The molecule has 1 aliphatic heterocycles. The van der Waals surface area contributed by atoms with Crippen molar-refractivity contribution in [1.29, 1.82) is 0 Å². The lowest BCUT2D eigenvalue weighted by molar-refractivity contribution is -0.121. The van der Waals surface area contributed by atoms with Crippen molar-refractivity contribution in [1.82, 2.24) is 0 Å². The number of carbonyl (C=O) groups is 2. The normalized spacial score (nSPS) is 14.5. The molecule has 0 saturated carbocycles. The predicted molar refractivity (Wildman–Crippen MR) is 79.4 cm³/mol. The molecular formula is C15H20N2O4. The van der Waals surface area contributed by atoms with Crippen molar-refractivity contribution in [3.05, 3.63) is 24.3 Å². The zero-order chi connectivity index (χ0) is 15.1. The van der Waals surface area contributed by atoms with Crippen molar-refractivity contribution < 1.29 is 19.1 Å². The van der Waals surface area contributed by atoms with Crippen LogP contribution >= 0.6 is 0 Å². The Morgan fingerprint density at radius 1 is 1.33 bits per heavy atom. The van der Waals surface area contributed by atoms with Gasteiger partial charge in [0.1, 0.15) is 6.61 Å². The summed E-state index contributed by atoms with van der Waals surface area (Å²) in [6.07, 6.45) is 1.41. The van der Waals surface area contributed by atoms with Gasteiger partial charge < -0.3 is 19.7 Å². The van der Waals surface area contributed by atoms with Crippen LogP contribution in [0.15, 0.2) is 24.3 Å². The number of nitrogens with zero attached hydrogens (tertiary/aromatic N) is 1. The van der Waals surface area contributed by atoms with Gasteiger partial charge in [-0.1, -0.05) is 12.1 Å². The Morgan fingerprint density at radius 2 is 2.14 bits per heavy atom. The Kier molecular flexibility index (Phi) is 5.71. The fraction of sp³-hybridized carbons (Fsp3) is 0.467. The van der Waals surface area contributed by atoms with Crippen LogP contribution in [0.1, 0.15) is 12.8 Å². The topological polar surface area (TPSA) is 67.9 Å². The zero-order valence-electron chi connectivity index (χ0n) is 12.1. The lowest BCUT2D eigenvalue weighted by atomic mass is 10.2. The van der Waals surface area contributed by atoms with Crippen LogP contribution in [0.3, 0.4) is 0 Å². The molecule has 0 radical (unpaired) electrons. The summed E-state index contributed by atoms with van der Waals surface area (Å²) in [6.45, 7) is 1.48. The van der Waals surface area contributed by atoms with E-state index in [1.165, 1.54) is 0 Å². The van der Waals surface area contributed by atoms with Gasteiger partial charge in [-0.05, 0) is 18.6 Å². The first kappa shape index (κ1) is 15.5. The summed E-state index contributed by atoms with van der Waals surface area (Å²) < 4.78 is 10.0. The summed E-state index contributed by atoms with van der Waals surface area (Å²) in [5.74, 6) is -0.154. The van der Waals surface area contributed by atoms with Gasteiger partial charge in [-0.25, -0.2) is 0 Å². The van der Waals surface area contributed by atoms with E-state index in [9.17, 15) is 9.59 Å². The van der Waals surface area contributed by atoms with Crippen LogP contribution in [0, 0.1) is 0 Å². The molecule has 6 nitrogen and oxygen atoms in total. The SMILES string of the molecule is COCCOCC(=O)Nc1ccccc1N1CCCC1=O. The van der Waals surface area contributed by atoms with Crippen LogP contribution < -0.4 is 10.2 Å². The summed E-state index contributed by atoms with van der Waals surface area (Å²) >= 11 is 0. The average molecular weight is 292 g/mol. The highest BCUT2D eigenvalue weighted by Gasteiger charge is 2.24. The van der Waals surface area contributed by atoms with E-state index in [0.717, 1.165) is 12.1 Å². The molecule has 1 fully saturated rings. The molecule has 2 amide bonds. The molecule has 2 rings (SSSR count). The van der Waals surface area contributed by atoms with Gasteiger partial charge in [-0.3, -0.25) is 9.59 Å². The van der Waals surface area contributed by atoms with E-state index in [0.29, 0.717) is 31.9 Å². The Hall–Kier alpha value is -1.92. The van der Waals surface area contributed by atoms with Gasteiger partial charge in [0.2, 0.25) is 11.8 Å². The number of anilines is 2. The minimum atomic E-state index is -0.245. The number of ether oxygens (including phenoxy) is 2. The molecule has 0 bridgehead atoms. The van der Waals surface area contributed by atoms with E-state index in [1.807, 2.05) is 18.2 Å². The number of hydrogen-bond donors (Lipinski definition) is 1. The third-order valence-electron chi connectivity index (χ3n) is 3.21. The fourth-order valence-electron chi connectivity index (χ4n) is 2.21. The third-order valence-corrected chi connectivity index (χ3v) is 3.21. The maximum Gasteiger partial charge on any atom is 0.250 e. The Morgan fingerprint density at radius 3 is 2.86 bits per heavy atom. The van der Waals surface area contributed by atoms with E-state index >= 15 is 0 Å². The summed E-state index contributed by atoms with van der Waals surface area (Å²) in [5, 5.41) is 2.79. The number of carbonyl (C=O) groups excluding carboxylic acids is 2. The highest BCUT2D eigenvalue weighted by Crippen LogP contribution is 2.29. The van der Waals surface area contributed by atoms with Crippen molar-refractivity contribution in [3.8, 4) is 0 Å². The van der Waals surface area contributed by atoms with E-state index in [4.69, 9.17) is 9.47 Å². The number of methoxy groups -OCH3 is 1. The van der Waals surface area contributed by atoms with Crippen LogP contribution in [-0.4, -0.2) is 45.3 Å². The third kappa shape index (κ3) is 4.27. The van der Waals surface area contributed by atoms with Crippen LogP contribution in [0.25, 0.3) is 0 Å². The molecule has 0 spiro atoms. The largest absolute Gasteiger partial charge is 0.382 e. The van der Waals surface area contributed by atoms with Gasteiger partial charge in [0.25, 0.3) is 0 Å². The number of benzene rings is 1. The smallest absolute Gasteiger partial charge is 0.250 e. The molecule has 1 aromatic carbocycles. The second kappa shape index (κ2) is 7.75. The highest BCUT2D eigenvalue weighted by molar-refractivity contribution is 6.02. The molecule has 0 aromatic heterocycles. The predicted octanol–water partition coefficient (Wildman–Crippen LogP) is 1.41. The van der Waals surface area contributed by atoms with Crippen molar-refractivity contribution in [2.75, 3.05) is 43.7 Å². The van der Waals surface area contributed by atoms with Crippen LogP contribution in [0.5, 0.6) is 0 Å². The van der Waals surface area contributed by atoms with Gasteiger partial charge in [-0.2, -0.15) is 0 Å². The Bertz CT molecular complexity index is 504. The number of nitrogens with one attached hydrogen (secondary N) is 1. The molecule has 21 heavy (non-hydrogen) atoms. The molecule has 114 valence electrons. The van der Waals surface area contributed by atoms with Gasteiger partial charge in [0, 0.05) is 20.1 Å². The maximum absolute atomic E-state index is 11.8. The van der Waals surface area contributed by atoms with Gasteiger partial charge in [0.05, 0.1) is 24.6 Å². The second-order valence-electron chi connectivity index (χ2n) is 4.76. The summed E-state index contributed by atoms with van der Waals surface area (Å²) in [5.41, 5.74) is 1.37. The van der Waals surface area contributed by atoms with E-state index in [1.54, 1.807) is 18.1 Å². The molecule has 1 heterocycles. The first-order valence-electron chi connectivity index (χ1n) is 6.98. The molecular weight excluding hydrogens is 272 g/mol. The Balaban J connectivity index is 1.96. The van der Waals surface area contributed by atoms with E-state index < -0.39 is 0 Å². The summed E-state index contributed by atoms with van der Waals surface area (Å²) in [7, 11) is 1.58. The van der Waals surface area contributed by atoms with Crippen LogP contribution in [0.2, 0.25) is 0 Å². The zero-order valence-corrected chi connectivity index (χ0v) is 12.1. The summed E-state index contributed by atoms with van der Waals surface area (Å²) in [4.78, 5) is 25.4. The quantitative estimate of drug-likeness (QED) is 0.772. The van der Waals surface area contributed by atoms with Gasteiger partial charge >= 0.3 is 0 Å². The lowest BCUT2D eigenvalue weighted by Gasteiger charge is -2.19. The van der Waals surface area contributed by atoms with Crippen LogP contribution in [0.4, 0.5) is 11.4 Å². The number of rotatable bonds is 7. The Labute approximate surface area is 124 Å². The van der Waals surface area contributed by atoms with Crippen molar-refractivity contribution in [3.63, 3.8) is 0 Å². The monoisotopic (exact) mass is 292 g/mol. The second-order valence-corrected chi connectivity index (χ2v) is 4.76. The molecule has 0 aliphatic carbocycles. The first-order chi connectivity index (χ1) is 10.2. The molecule has 0 atom stereocenters. The highest BCUT2D eigenvalue weighted by atomic mass is 16.5. The van der Waals surface area contributed by atoms with Crippen LogP contribution in [-0.2, 0) is 19.1 Å². The fourth-order valence-corrected chi connectivity index (χ4v) is 2.21. The molecule has 6 heteroatoms. The van der Waals surface area contributed by atoms with Crippen molar-refractivity contribution in [2.24, 2.45) is 0 Å². The average Bonchev–Trinajstić information content (AvgIpc) is 2.90. The summed E-state index contributed by atoms with van der Waals surface area (Å²) in [6, 6.07) is 7.30. The molecule has 0 unspecified atom stereocenters. The van der Waals surface area contributed by atoms with E-state index in [2.05, 4.69) is 5.32 Å².